The number of nitrogens with zero attached hydrogens (tertiary/aromatic N) is 2. The summed E-state index contributed by atoms with van der Waals surface area (Å²) in [5, 5.41) is 10.8. The second kappa shape index (κ2) is 7.31. The third kappa shape index (κ3) is 4.11. The molecule has 21 heavy (non-hydrogen) atoms. The normalized spacial score (nSPS) is 20.0. The highest BCUT2D eigenvalue weighted by Crippen LogP contribution is 2.20. The van der Waals surface area contributed by atoms with Crippen LogP contribution in [0.5, 0.6) is 0 Å². The molecule has 0 aromatic heterocycles. The largest absolute Gasteiger partial charge is 0.293 e. The molecule has 1 heterocycles. The Morgan fingerprint density at radius 1 is 1.38 bits per heavy atom. The van der Waals surface area contributed by atoms with Gasteiger partial charge in [0.15, 0.2) is 5.78 Å². The van der Waals surface area contributed by atoms with E-state index < -0.39 is 4.92 Å². The molecule has 1 aromatic carbocycles. The first kappa shape index (κ1) is 15.6. The minimum absolute atomic E-state index is 0.0243. The lowest BCUT2D eigenvalue weighted by Crippen LogP contribution is -2.38. The molecule has 0 bridgehead atoms. The SMILES string of the molecule is CCC1CCCCCN1CC(=O)c1cccc([N+](=O)[O-])c1. The Hall–Kier alpha value is -1.75. The van der Waals surface area contributed by atoms with E-state index in [-0.39, 0.29) is 11.5 Å². The van der Waals surface area contributed by atoms with Crippen LogP contribution in [0.2, 0.25) is 0 Å². The monoisotopic (exact) mass is 290 g/mol. The molecule has 0 saturated carbocycles. The van der Waals surface area contributed by atoms with Crippen LogP contribution >= 0.6 is 0 Å². The molecule has 114 valence electrons. The zero-order valence-corrected chi connectivity index (χ0v) is 12.5. The quantitative estimate of drug-likeness (QED) is 0.473. The summed E-state index contributed by atoms with van der Waals surface area (Å²) in [6.07, 6.45) is 5.75. The summed E-state index contributed by atoms with van der Waals surface area (Å²) in [5.74, 6) is -0.0287. The lowest BCUT2D eigenvalue weighted by atomic mass is 10.1. The van der Waals surface area contributed by atoms with Gasteiger partial charge in [-0.1, -0.05) is 31.9 Å². The van der Waals surface area contributed by atoms with E-state index in [4.69, 9.17) is 0 Å². The average molecular weight is 290 g/mol. The molecule has 1 aliphatic rings. The highest BCUT2D eigenvalue weighted by atomic mass is 16.6. The number of carbonyl (C=O) groups is 1. The van der Waals surface area contributed by atoms with Crippen molar-refractivity contribution >= 4 is 11.5 Å². The number of nitro benzene ring substituents is 1. The minimum Gasteiger partial charge on any atom is -0.293 e. The van der Waals surface area contributed by atoms with Gasteiger partial charge in [0.2, 0.25) is 0 Å². The van der Waals surface area contributed by atoms with Gasteiger partial charge in [0.05, 0.1) is 11.5 Å². The Balaban J connectivity index is 2.09. The highest BCUT2D eigenvalue weighted by molar-refractivity contribution is 5.98. The van der Waals surface area contributed by atoms with Crippen molar-refractivity contribution < 1.29 is 9.72 Å². The van der Waals surface area contributed by atoms with Crippen molar-refractivity contribution in [2.24, 2.45) is 0 Å². The number of benzene rings is 1. The van der Waals surface area contributed by atoms with Gasteiger partial charge in [0.1, 0.15) is 0 Å². The van der Waals surface area contributed by atoms with Gasteiger partial charge in [-0.25, -0.2) is 0 Å². The number of nitro groups is 1. The first-order chi connectivity index (χ1) is 10.1. The second-order valence-corrected chi connectivity index (χ2v) is 5.61. The molecule has 1 fully saturated rings. The molecule has 0 radical (unpaired) electrons. The first-order valence-corrected chi connectivity index (χ1v) is 7.63. The topological polar surface area (TPSA) is 63.5 Å². The Kier molecular flexibility index (Phi) is 5.44. The van der Waals surface area contributed by atoms with E-state index >= 15 is 0 Å². The minimum atomic E-state index is -0.461. The molecule has 1 saturated heterocycles. The third-order valence-electron chi connectivity index (χ3n) is 4.20. The molecule has 0 spiro atoms. The van der Waals surface area contributed by atoms with Crippen molar-refractivity contribution in [3.63, 3.8) is 0 Å². The number of hydrogen-bond donors (Lipinski definition) is 0. The number of Topliss-reactive ketones (excluding diaryl/α,β-unsaturated/α-hetero) is 1. The van der Waals surface area contributed by atoms with Crippen molar-refractivity contribution in [1.82, 2.24) is 4.90 Å². The van der Waals surface area contributed by atoms with Crippen LogP contribution in [-0.2, 0) is 0 Å². The lowest BCUT2D eigenvalue weighted by Gasteiger charge is -2.28. The first-order valence-electron chi connectivity index (χ1n) is 7.63. The Morgan fingerprint density at radius 3 is 2.90 bits per heavy atom. The summed E-state index contributed by atoms with van der Waals surface area (Å²) in [6, 6.07) is 6.48. The predicted octanol–water partition coefficient (Wildman–Crippen LogP) is 3.43. The summed E-state index contributed by atoms with van der Waals surface area (Å²) < 4.78 is 0. The maximum absolute atomic E-state index is 12.4. The van der Waals surface area contributed by atoms with Gasteiger partial charge in [0, 0.05) is 23.7 Å². The molecule has 1 atom stereocenters. The molecule has 1 unspecified atom stereocenters. The standard InChI is InChI=1S/C16H22N2O3/c1-2-14-8-4-3-5-10-17(14)12-16(19)13-7-6-9-15(11-13)18(20)21/h6-7,9,11,14H,2-5,8,10,12H2,1H3. The van der Waals surface area contributed by atoms with E-state index in [2.05, 4.69) is 11.8 Å². The number of hydrogen-bond acceptors (Lipinski definition) is 4. The fraction of sp³-hybridized carbons (Fsp3) is 0.562. The van der Waals surface area contributed by atoms with Crippen LogP contribution in [0, 0.1) is 10.1 Å². The van der Waals surface area contributed by atoms with Crippen molar-refractivity contribution in [2.75, 3.05) is 13.1 Å². The van der Waals surface area contributed by atoms with Gasteiger partial charge >= 0.3 is 0 Å². The molecular weight excluding hydrogens is 268 g/mol. The van der Waals surface area contributed by atoms with Crippen LogP contribution in [0.1, 0.15) is 49.4 Å². The van der Waals surface area contributed by atoms with Gasteiger partial charge in [-0.05, 0) is 25.8 Å². The van der Waals surface area contributed by atoms with E-state index in [1.54, 1.807) is 12.1 Å². The Bertz CT molecular complexity index is 516. The third-order valence-corrected chi connectivity index (χ3v) is 4.20. The maximum Gasteiger partial charge on any atom is 0.270 e. The van der Waals surface area contributed by atoms with Gasteiger partial charge in [-0.15, -0.1) is 0 Å². The fourth-order valence-electron chi connectivity index (χ4n) is 2.98. The van der Waals surface area contributed by atoms with E-state index in [9.17, 15) is 14.9 Å². The van der Waals surface area contributed by atoms with Crippen molar-refractivity contribution in [2.45, 2.75) is 45.1 Å². The summed E-state index contributed by atoms with van der Waals surface area (Å²) in [6.45, 7) is 3.46. The van der Waals surface area contributed by atoms with Crippen LogP contribution in [0.4, 0.5) is 5.69 Å². The zero-order valence-electron chi connectivity index (χ0n) is 12.5. The molecule has 1 aliphatic heterocycles. The Labute approximate surface area is 125 Å². The number of rotatable bonds is 5. The summed E-state index contributed by atoms with van der Waals surface area (Å²) >= 11 is 0. The number of carbonyl (C=O) groups excluding carboxylic acids is 1. The van der Waals surface area contributed by atoms with Gasteiger partial charge < -0.3 is 0 Å². The molecule has 0 aliphatic carbocycles. The van der Waals surface area contributed by atoms with Crippen molar-refractivity contribution in [1.29, 1.82) is 0 Å². The molecule has 0 amide bonds. The fourth-order valence-corrected chi connectivity index (χ4v) is 2.98. The molecule has 5 heteroatoms. The smallest absolute Gasteiger partial charge is 0.270 e. The van der Waals surface area contributed by atoms with E-state index in [0.29, 0.717) is 18.2 Å². The average Bonchev–Trinajstić information content (AvgIpc) is 2.72. The van der Waals surface area contributed by atoms with Crippen LogP contribution in [0.15, 0.2) is 24.3 Å². The molecule has 1 aromatic rings. The second-order valence-electron chi connectivity index (χ2n) is 5.61. The number of likely N-dealkylation sites (tertiary alicyclic amines) is 1. The van der Waals surface area contributed by atoms with Gasteiger partial charge in [0.25, 0.3) is 5.69 Å². The van der Waals surface area contributed by atoms with Crippen molar-refractivity contribution in [3.8, 4) is 0 Å². The Morgan fingerprint density at radius 2 is 2.19 bits per heavy atom. The van der Waals surface area contributed by atoms with Crippen LogP contribution < -0.4 is 0 Å². The van der Waals surface area contributed by atoms with E-state index in [1.807, 2.05) is 0 Å². The zero-order chi connectivity index (χ0) is 15.2. The number of ketones is 1. The summed E-state index contributed by atoms with van der Waals surface area (Å²) in [7, 11) is 0. The lowest BCUT2D eigenvalue weighted by molar-refractivity contribution is -0.384. The maximum atomic E-state index is 12.4. The van der Waals surface area contributed by atoms with E-state index in [0.717, 1.165) is 25.8 Å². The van der Waals surface area contributed by atoms with Crippen LogP contribution in [-0.4, -0.2) is 34.7 Å². The predicted molar refractivity (Wildman–Crippen MR) is 81.5 cm³/mol. The van der Waals surface area contributed by atoms with Crippen LogP contribution in [0.25, 0.3) is 0 Å². The summed E-state index contributed by atoms with van der Waals surface area (Å²) in [4.78, 5) is 25.0. The van der Waals surface area contributed by atoms with E-state index in [1.165, 1.54) is 25.0 Å². The van der Waals surface area contributed by atoms with Crippen molar-refractivity contribution in [3.05, 3.63) is 39.9 Å². The molecular formula is C16H22N2O3. The molecule has 0 N–H and O–H groups in total. The molecule has 5 nitrogen and oxygen atoms in total. The van der Waals surface area contributed by atoms with Gasteiger partial charge in [-0.2, -0.15) is 0 Å². The molecule has 2 rings (SSSR count). The van der Waals surface area contributed by atoms with Crippen LogP contribution in [0.3, 0.4) is 0 Å². The van der Waals surface area contributed by atoms with Gasteiger partial charge in [-0.3, -0.25) is 19.8 Å². The number of non-ortho nitro benzene ring substituents is 1. The highest BCUT2D eigenvalue weighted by Gasteiger charge is 2.22. The summed E-state index contributed by atoms with van der Waals surface area (Å²) in [5.41, 5.74) is 0.409.